The van der Waals surface area contributed by atoms with E-state index in [1.165, 1.54) is 0 Å². The molecule has 0 aliphatic carbocycles. The number of amides is 1. The molecule has 4 aromatic rings. The lowest BCUT2D eigenvalue weighted by Gasteiger charge is -2.21. The van der Waals surface area contributed by atoms with Crippen LogP contribution in [0.15, 0.2) is 77.5 Å². The van der Waals surface area contributed by atoms with Gasteiger partial charge in [-0.2, -0.15) is 0 Å². The van der Waals surface area contributed by atoms with E-state index >= 15 is 0 Å². The van der Waals surface area contributed by atoms with E-state index in [-0.39, 0.29) is 12.0 Å². The van der Waals surface area contributed by atoms with E-state index in [0.29, 0.717) is 25.1 Å². The summed E-state index contributed by atoms with van der Waals surface area (Å²) in [4.78, 5) is 18.9. The smallest absolute Gasteiger partial charge is 0.255 e. The number of rotatable bonds is 3. The first kappa shape index (κ1) is 18.4. The maximum absolute atomic E-state index is 13.0. The van der Waals surface area contributed by atoms with Gasteiger partial charge in [-0.05, 0) is 36.6 Å². The number of benzene rings is 2. The van der Waals surface area contributed by atoms with Gasteiger partial charge in [-0.15, -0.1) is 0 Å². The maximum Gasteiger partial charge on any atom is 0.255 e. The van der Waals surface area contributed by atoms with Crippen LogP contribution in [0.2, 0.25) is 0 Å². The molecule has 0 radical (unpaired) electrons. The minimum absolute atomic E-state index is 0.0473. The van der Waals surface area contributed by atoms with Gasteiger partial charge in [0.25, 0.3) is 5.91 Å². The first-order valence-electron chi connectivity index (χ1n) is 10.1. The molecule has 0 bridgehead atoms. The summed E-state index contributed by atoms with van der Waals surface area (Å²) in [5, 5.41) is 2.22. The summed E-state index contributed by atoms with van der Waals surface area (Å²) in [7, 11) is 0. The fourth-order valence-corrected chi connectivity index (χ4v) is 4.08. The van der Waals surface area contributed by atoms with Crippen LogP contribution in [0.3, 0.4) is 0 Å². The molecule has 1 amide bonds. The van der Waals surface area contributed by atoms with Gasteiger partial charge in [0, 0.05) is 36.3 Å². The van der Waals surface area contributed by atoms with E-state index in [9.17, 15) is 4.79 Å². The van der Waals surface area contributed by atoms with Gasteiger partial charge in [0.05, 0.1) is 12.1 Å². The predicted octanol–water partition coefficient (Wildman–Crippen LogP) is 5.30. The van der Waals surface area contributed by atoms with E-state index < -0.39 is 0 Å². The molecule has 0 saturated carbocycles. The molecule has 5 nitrogen and oxygen atoms in total. The molecule has 0 N–H and O–H groups in total. The fraction of sp³-hybridized carbons (Fsp3) is 0.200. The molecule has 2 aromatic heterocycles. The van der Waals surface area contributed by atoms with Crippen LogP contribution in [0.1, 0.15) is 40.0 Å². The highest BCUT2D eigenvalue weighted by Crippen LogP contribution is 2.36. The molecule has 2 aromatic carbocycles. The summed E-state index contributed by atoms with van der Waals surface area (Å²) in [6, 6.07) is 19.9. The minimum atomic E-state index is -0.185. The average Bonchev–Trinajstić information content (AvgIpc) is 3.07. The molecule has 5 heteroatoms. The number of carbonyl (C=O) groups excluding carboxylic acids is 1. The van der Waals surface area contributed by atoms with Crippen molar-refractivity contribution in [2.24, 2.45) is 0 Å². The van der Waals surface area contributed by atoms with Crippen molar-refractivity contribution in [3.63, 3.8) is 0 Å². The van der Waals surface area contributed by atoms with Crippen LogP contribution in [0.5, 0.6) is 5.75 Å². The summed E-state index contributed by atoms with van der Waals surface area (Å²) in [6.07, 6.45) is 3.77. The number of pyridine rings is 1. The summed E-state index contributed by atoms with van der Waals surface area (Å²) < 4.78 is 12.5. The van der Waals surface area contributed by atoms with Crippen LogP contribution in [-0.4, -0.2) is 22.3 Å². The molecule has 1 atom stereocenters. The highest BCUT2D eigenvalue weighted by Gasteiger charge is 2.30. The van der Waals surface area contributed by atoms with Gasteiger partial charge in [0.15, 0.2) is 0 Å². The molecular weight excluding hydrogens is 376 g/mol. The highest BCUT2D eigenvalue weighted by atomic mass is 16.5. The molecule has 3 heterocycles. The van der Waals surface area contributed by atoms with Crippen LogP contribution in [0.4, 0.5) is 0 Å². The van der Waals surface area contributed by atoms with Crippen molar-refractivity contribution in [1.29, 1.82) is 0 Å². The molecule has 0 fully saturated rings. The number of hydrogen-bond acceptors (Lipinski definition) is 4. The largest absolute Gasteiger partial charge is 0.485 e. The molecule has 0 saturated heterocycles. The van der Waals surface area contributed by atoms with Gasteiger partial charge in [0.1, 0.15) is 23.4 Å². The van der Waals surface area contributed by atoms with Crippen molar-refractivity contribution in [2.45, 2.75) is 26.0 Å². The molecular formula is C25H22N2O3. The standard InChI is InChI=1S/C25H22N2O3/c1-17-14-21-23(30-22-10-4-7-18-6-2-3-9-20(18)22)11-13-27(16-24(21)29-17)25(28)19-8-5-12-26-15-19/h2-10,12,14-15,23H,11,13,16H2,1H3. The second kappa shape index (κ2) is 7.67. The second-order valence-corrected chi connectivity index (χ2v) is 7.58. The van der Waals surface area contributed by atoms with Crippen molar-refractivity contribution in [2.75, 3.05) is 6.54 Å². The number of aryl methyl sites for hydroxylation is 1. The molecule has 150 valence electrons. The SMILES string of the molecule is Cc1cc2c(o1)CN(C(=O)c1cccnc1)CCC2Oc1cccc2ccccc12. The topological polar surface area (TPSA) is 55.6 Å². The normalized spacial score (nSPS) is 16.2. The van der Waals surface area contributed by atoms with Crippen molar-refractivity contribution in [3.05, 3.63) is 95.7 Å². The van der Waals surface area contributed by atoms with Crippen molar-refractivity contribution in [3.8, 4) is 5.75 Å². The number of aromatic nitrogens is 1. The Kier molecular flexibility index (Phi) is 4.71. The second-order valence-electron chi connectivity index (χ2n) is 7.58. The van der Waals surface area contributed by atoms with Gasteiger partial charge < -0.3 is 14.1 Å². The Morgan fingerprint density at radius 1 is 1.13 bits per heavy atom. The van der Waals surface area contributed by atoms with Crippen molar-refractivity contribution in [1.82, 2.24) is 9.88 Å². The Hall–Kier alpha value is -3.60. The van der Waals surface area contributed by atoms with Crippen LogP contribution < -0.4 is 4.74 Å². The molecule has 1 unspecified atom stereocenters. The first-order valence-corrected chi connectivity index (χ1v) is 10.1. The fourth-order valence-electron chi connectivity index (χ4n) is 4.08. The Morgan fingerprint density at radius 3 is 2.87 bits per heavy atom. The van der Waals surface area contributed by atoms with Crippen LogP contribution in [0, 0.1) is 6.92 Å². The lowest BCUT2D eigenvalue weighted by molar-refractivity contribution is 0.0719. The Bertz CT molecular complexity index is 1190. The lowest BCUT2D eigenvalue weighted by Crippen LogP contribution is -2.31. The third kappa shape index (κ3) is 3.43. The summed E-state index contributed by atoms with van der Waals surface area (Å²) in [6.45, 7) is 2.93. The zero-order chi connectivity index (χ0) is 20.5. The quantitative estimate of drug-likeness (QED) is 0.470. The molecule has 1 aliphatic heterocycles. The van der Waals surface area contributed by atoms with Gasteiger partial charge in [-0.3, -0.25) is 9.78 Å². The predicted molar refractivity (Wildman–Crippen MR) is 114 cm³/mol. The summed E-state index contributed by atoms with van der Waals surface area (Å²) in [5.74, 6) is 2.40. The Balaban J connectivity index is 1.46. The van der Waals surface area contributed by atoms with E-state index in [4.69, 9.17) is 9.15 Å². The Labute approximate surface area is 174 Å². The molecule has 30 heavy (non-hydrogen) atoms. The van der Waals surface area contributed by atoms with E-state index in [1.807, 2.05) is 42.2 Å². The first-order chi connectivity index (χ1) is 14.7. The van der Waals surface area contributed by atoms with Gasteiger partial charge in [0.2, 0.25) is 0 Å². The third-order valence-corrected chi connectivity index (χ3v) is 5.52. The monoisotopic (exact) mass is 398 g/mol. The van der Waals surface area contributed by atoms with Gasteiger partial charge in [-0.25, -0.2) is 0 Å². The molecule has 0 spiro atoms. The van der Waals surface area contributed by atoms with E-state index in [2.05, 4.69) is 23.2 Å². The van der Waals surface area contributed by atoms with E-state index in [1.54, 1.807) is 24.5 Å². The number of carbonyl (C=O) groups is 1. The third-order valence-electron chi connectivity index (χ3n) is 5.52. The van der Waals surface area contributed by atoms with Crippen LogP contribution >= 0.6 is 0 Å². The summed E-state index contributed by atoms with van der Waals surface area (Å²) in [5.41, 5.74) is 1.60. The molecule has 1 aliphatic rings. The van der Waals surface area contributed by atoms with Crippen molar-refractivity contribution >= 4 is 16.7 Å². The van der Waals surface area contributed by atoms with Gasteiger partial charge in [-0.1, -0.05) is 36.4 Å². The zero-order valence-electron chi connectivity index (χ0n) is 16.7. The Morgan fingerprint density at radius 2 is 2.00 bits per heavy atom. The number of nitrogens with zero attached hydrogens (tertiary/aromatic N) is 2. The van der Waals surface area contributed by atoms with Crippen molar-refractivity contribution < 1.29 is 13.9 Å². The van der Waals surface area contributed by atoms with E-state index in [0.717, 1.165) is 33.6 Å². The van der Waals surface area contributed by atoms with Gasteiger partial charge >= 0.3 is 0 Å². The average molecular weight is 398 g/mol. The number of hydrogen-bond donors (Lipinski definition) is 0. The van der Waals surface area contributed by atoms with Crippen LogP contribution in [0.25, 0.3) is 10.8 Å². The summed E-state index contributed by atoms with van der Waals surface area (Å²) >= 11 is 0. The zero-order valence-corrected chi connectivity index (χ0v) is 16.7. The lowest BCUT2D eigenvalue weighted by atomic mass is 10.1. The number of ether oxygens (including phenoxy) is 1. The number of furan rings is 1. The van der Waals surface area contributed by atoms with Crippen LogP contribution in [-0.2, 0) is 6.54 Å². The maximum atomic E-state index is 13.0. The number of fused-ring (bicyclic) bond motifs is 2. The highest BCUT2D eigenvalue weighted by molar-refractivity contribution is 5.94. The molecule has 5 rings (SSSR count). The minimum Gasteiger partial charge on any atom is -0.485 e.